The Bertz CT molecular complexity index is 696. The minimum Gasteiger partial charge on any atom is -0.326 e. The highest BCUT2D eigenvalue weighted by Gasteiger charge is 2.04. The van der Waals surface area contributed by atoms with E-state index < -0.39 is 0 Å². The second-order valence-corrected chi connectivity index (χ2v) is 9.26. The van der Waals surface area contributed by atoms with Crippen LogP contribution in [0.1, 0.15) is 39.0 Å². The Morgan fingerprint density at radius 2 is 1.67 bits per heavy atom. The van der Waals surface area contributed by atoms with Crippen molar-refractivity contribution in [2.75, 3.05) is 5.32 Å². The first-order valence-corrected chi connectivity index (χ1v) is 10.2. The first-order chi connectivity index (χ1) is 11.4. The van der Waals surface area contributed by atoms with E-state index in [0.29, 0.717) is 16.4 Å². The molecule has 0 atom stereocenters. The molecule has 0 unspecified atom stereocenters. The standard InChI is InChI=1S/C18H25N3OS2/c1-12(2)23-10-14-5-7-15(8-6-14)19-18-20-16(9-17(22)21-18)11-24-13(3)4/h5-9,12-13H,10-11H2,1-4H3,(H2,19,20,21,22). The summed E-state index contributed by atoms with van der Waals surface area (Å²) in [4.78, 5) is 19.0. The number of nitrogens with one attached hydrogen (secondary N) is 2. The van der Waals surface area contributed by atoms with Gasteiger partial charge in [0, 0.05) is 23.3 Å². The van der Waals surface area contributed by atoms with Crippen LogP contribution in [0.4, 0.5) is 11.6 Å². The van der Waals surface area contributed by atoms with Crippen molar-refractivity contribution in [3.05, 3.63) is 51.9 Å². The highest BCUT2D eigenvalue weighted by molar-refractivity contribution is 7.99. The van der Waals surface area contributed by atoms with E-state index in [0.717, 1.165) is 22.9 Å². The van der Waals surface area contributed by atoms with Gasteiger partial charge < -0.3 is 5.32 Å². The summed E-state index contributed by atoms with van der Waals surface area (Å²) in [6, 6.07) is 9.81. The van der Waals surface area contributed by atoms with Gasteiger partial charge in [0.15, 0.2) is 0 Å². The van der Waals surface area contributed by atoms with Gasteiger partial charge in [0.2, 0.25) is 5.95 Å². The number of benzene rings is 1. The van der Waals surface area contributed by atoms with Crippen LogP contribution in [0.15, 0.2) is 35.1 Å². The van der Waals surface area contributed by atoms with Crippen LogP contribution in [-0.4, -0.2) is 20.5 Å². The third kappa shape index (κ3) is 6.61. The van der Waals surface area contributed by atoms with E-state index in [9.17, 15) is 4.79 Å². The third-order valence-corrected chi connectivity index (χ3v) is 5.46. The van der Waals surface area contributed by atoms with Crippen molar-refractivity contribution in [3.8, 4) is 0 Å². The quantitative estimate of drug-likeness (QED) is 0.706. The molecule has 0 spiro atoms. The lowest BCUT2D eigenvalue weighted by Gasteiger charge is -2.09. The minimum absolute atomic E-state index is 0.128. The highest BCUT2D eigenvalue weighted by atomic mass is 32.2. The molecule has 2 N–H and O–H groups in total. The average Bonchev–Trinajstić information content (AvgIpc) is 2.52. The van der Waals surface area contributed by atoms with E-state index in [-0.39, 0.29) is 5.56 Å². The fourth-order valence-corrected chi connectivity index (χ4v) is 3.35. The van der Waals surface area contributed by atoms with Gasteiger partial charge in [-0.25, -0.2) is 4.98 Å². The molecule has 0 fully saturated rings. The van der Waals surface area contributed by atoms with Crippen LogP contribution in [0, 0.1) is 0 Å². The Morgan fingerprint density at radius 3 is 2.29 bits per heavy atom. The topological polar surface area (TPSA) is 57.8 Å². The Balaban J connectivity index is 2.03. The third-order valence-electron chi connectivity index (χ3n) is 3.16. The van der Waals surface area contributed by atoms with Crippen molar-refractivity contribution < 1.29 is 0 Å². The molecule has 6 heteroatoms. The van der Waals surface area contributed by atoms with Gasteiger partial charge in [-0.15, -0.1) is 0 Å². The largest absolute Gasteiger partial charge is 0.326 e. The summed E-state index contributed by atoms with van der Waals surface area (Å²) in [7, 11) is 0. The first kappa shape index (κ1) is 18.9. The first-order valence-electron chi connectivity index (χ1n) is 8.12. The van der Waals surface area contributed by atoms with Crippen LogP contribution >= 0.6 is 23.5 Å². The molecule has 0 saturated carbocycles. The molecule has 1 aromatic carbocycles. The molecule has 1 aromatic heterocycles. The average molecular weight is 364 g/mol. The van der Waals surface area contributed by atoms with Gasteiger partial charge in [-0.1, -0.05) is 39.8 Å². The molecule has 0 bridgehead atoms. The molecule has 0 saturated heterocycles. The van der Waals surface area contributed by atoms with Crippen molar-refractivity contribution in [1.29, 1.82) is 0 Å². The van der Waals surface area contributed by atoms with Crippen LogP contribution in [0.5, 0.6) is 0 Å². The van der Waals surface area contributed by atoms with E-state index in [2.05, 4.69) is 55.1 Å². The zero-order valence-electron chi connectivity index (χ0n) is 14.6. The van der Waals surface area contributed by atoms with E-state index in [1.54, 1.807) is 17.8 Å². The molecule has 0 aliphatic carbocycles. The monoisotopic (exact) mass is 363 g/mol. The van der Waals surface area contributed by atoms with Crippen LogP contribution in [0.25, 0.3) is 0 Å². The lowest BCUT2D eigenvalue weighted by molar-refractivity contribution is 1.05. The minimum atomic E-state index is -0.128. The molecular weight excluding hydrogens is 338 g/mol. The Hall–Kier alpha value is -1.40. The maximum Gasteiger partial charge on any atom is 0.252 e. The van der Waals surface area contributed by atoms with Crippen LogP contribution < -0.4 is 10.9 Å². The molecule has 0 aliphatic rings. The summed E-state index contributed by atoms with van der Waals surface area (Å²) in [6.07, 6.45) is 0. The Morgan fingerprint density at radius 1 is 1.04 bits per heavy atom. The van der Waals surface area contributed by atoms with Crippen molar-refractivity contribution >= 4 is 35.2 Å². The summed E-state index contributed by atoms with van der Waals surface area (Å²) >= 11 is 3.70. The summed E-state index contributed by atoms with van der Waals surface area (Å²) < 4.78 is 0. The highest BCUT2D eigenvalue weighted by Crippen LogP contribution is 2.20. The smallest absolute Gasteiger partial charge is 0.252 e. The number of rotatable bonds is 8. The number of aromatic amines is 1. The van der Waals surface area contributed by atoms with Gasteiger partial charge in [0.05, 0.1) is 5.69 Å². The molecule has 0 amide bonds. The molecule has 4 nitrogen and oxygen atoms in total. The van der Waals surface area contributed by atoms with Gasteiger partial charge in [0.25, 0.3) is 5.56 Å². The van der Waals surface area contributed by atoms with Crippen molar-refractivity contribution in [2.45, 2.75) is 49.7 Å². The fourth-order valence-electron chi connectivity index (χ4n) is 1.98. The number of thioether (sulfide) groups is 2. The molecular formula is C18H25N3OS2. The number of H-pyrrole nitrogens is 1. The SMILES string of the molecule is CC(C)SCc1ccc(Nc2nc(CSC(C)C)cc(=O)[nH]2)cc1. The maximum absolute atomic E-state index is 11.8. The predicted octanol–water partition coefficient (Wildman–Crippen LogP) is 4.80. The predicted molar refractivity (Wildman–Crippen MR) is 107 cm³/mol. The summed E-state index contributed by atoms with van der Waals surface area (Å²) in [5.41, 5.74) is 2.88. The summed E-state index contributed by atoms with van der Waals surface area (Å²) in [6.45, 7) is 8.67. The number of hydrogen-bond donors (Lipinski definition) is 2. The molecule has 0 aliphatic heterocycles. The Labute approximate surface area is 152 Å². The van der Waals surface area contributed by atoms with Crippen LogP contribution in [0.3, 0.4) is 0 Å². The Kier molecular flexibility index (Phi) is 7.24. The fraction of sp³-hybridized carbons (Fsp3) is 0.444. The van der Waals surface area contributed by atoms with Gasteiger partial charge >= 0.3 is 0 Å². The van der Waals surface area contributed by atoms with Crippen LogP contribution in [0.2, 0.25) is 0 Å². The zero-order valence-corrected chi connectivity index (χ0v) is 16.3. The summed E-state index contributed by atoms with van der Waals surface area (Å²) in [5.74, 6) is 2.24. The summed E-state index contributed by atoms with van der Waals surface area (Å²) in [5, 5.41) is 4.32. The molecule has 2 aromatic rings. The molecule has 2 rings (SSSR count). The number of aromatic nitrogens is 2. The lowest BCUT2D eigenvalue weighted by atomic mass is 10.2. The number of nitrogens with zero attached hydrogens (tertiary/aromatic N) is 1. The van der Waals surface area contributed by atoms with E-state index in [1.165, 1.54) is 5.56 Å². The van der Waals surface area contributed by atoms with E-state index in [1.807, 2.05) is 23.9 Å². The van der Waals surface area contributed by atoms with Crippen LogP contribution in [-0.2, 0) is 11.5 Å². The maximum atomic E-state index is 11.8. The molecule has 130 valence electrons. The lowest BCUT2D eigenvalue weighted by Crippen LogP contribution is -2.12. The number of anilines is 2. The van der Waals surface area contributed by atoms with Gasteiger partial charge in [-0.2, -0.15) is 23.5 Å². The van der Waals surface area contributed by atoms with Gasteiger partial charge in [-0.05, 0) is 28.2 Å². The van der Waals surface area contributed by atoms with Gasteiger partial charge in [-0.3, -0.25) is 9.78 Å². The van der Waals surface area contributed by atoms with Crippen molar-refractivity contribution in [2.24, 2.45) is 0 Å². The van der Waals surface area contributed by atoms with E-state index >= 15 is 0 Å². The second-order valence-electron chi connectivity index (χ2n) is 6.13. The van der Waals surface area contributed by atoms with Crippen molar-refractivity contribution in [3.63, 3.8) is 0 Å². The zero-order chi connectivity index (χ0) is 17.5. The second kappa shape index (κ2) is 9.18. The number of hydrogen-bond acceptors (Lipinski definition) is 5. The molecule has 0 radical (unpaired) electrons. The molecule has 1 heterocycles. The molecule has 24 heavy (non-hydrogen) atoms. The van der Waals surface area contributed by atoms with Gasteiger partial charge in [0.1, 0.15) is 0 Å². The van der Waals surface area contributed by atoms with Crippen molar-refractivity contribution in [1.82, 2.24) is 9.97 Å². The normalized spacial score (nSPS) is 11.2. The van der Waals surface area contributed by atoms with E-state index in [4.69, 9.17) is 0 Å².